The summed E-state index contributed by atoms with van der Waals surface area (Å²) in [5, 5.41) is 3.35. The van der Waals surface area contributed by atoms with Gasteiger partial charge in [-0.2, -0.15) is 0 Å². The lowest BCUT2D eigenvalue weighted by atomic mass is 10.0. The molecule has 2 aliphatic rings. The minimum atomic E-state index is -0.512. The van der Waals surface area contributed by atoms with E-state index in [9.17, 15) is 8.78 Å². The predicted octanol–water partition coefficient (Wildman–Crippen LogP) is 3.18. The highest BCUT2D eigenvalue weighted by Crippen LogP contribution is 2.24. The van der Waals surface area contributed by atoms with Gasteiger partial charge in [-0.15, -0.1) is 24.0 Å². The van der Waals surface area contributed by atoms with E-state index in [1.54, 1.807) is 7.05 Å². The van der Waals surface area contributed by atoms with Crippen molar-refractivity contribution < 1.29 is 8.78 Å². The van der Waals surface area contributed by atoms with Crippen LogP contribution in [0.25, 0.3) is 0 Å². The fourth-order valence-electron chi connectivity index (χ4n) is 4.40. The Hall–Kier alpha value is -1.00. The molecule has 1 aromatic carbocycles. The van der Waals surface area contributed by atoms with Crippen molar-refractivity contribution in [1.82, 2.24) is 20.0 Å². The average Bonchev–Trinajstić information content (AvgIpc) is 3.33. The number of nitrogens with one attached hydrogen (secondary N) is 1. The molecule has 1 aromatic rings. The Balaban J connectivity index is 0.00000300. The average molecular weight is 521 g/mol. The molecule has 2 aliphatic heterocycles. The van der Waals surface area contributed by atoms with Gasteiger partial charge in [-0.1, -0.05) is 6.07 Å². The van der Waals surface area contributed by atoms with Crippen LogP contribution in [0.4, 0.5) is 8.78 Å². The van der Waals surface area contributed by atoms with Gasteiger partial charge in [0.1, 0.15) is 11.6 Å². The molecule has 0 spiro atoms. The van der Waals surface area contributed by atoms with Crippen LogP contribution in [0.5, 0.6) is 0 Å². The maximum atomic E-state index is 14.3. The molecule has 3 rings (SSSR count). The first kappa shape index (κ1) is 24.3. The van der Waals surface area contributed by atoms with Gasteiger partial charge in [0.05, 0.1) is 6.04 Å². The molecular weight excluding hydrogens is 487 g/mol. The third-order valence-corrected chi connectivity index (χ3v) is 5.92. The Labute approximate surface area is 190 Å². The van der Waals surface area contributed by atoms with E-state index in [0.717, 1.165) is 32.0 Å². The van der Waals surface area contributed by atoms with Crippen LogP contribution in [0.3, 0.4) is 0 Å². The molecule has 2 unspecified atom stereocenters. The second-order valence-corrected chi connectivity index (χ2v) is 8.15. The van der Waals surface area contributed by atoms with E-state index in [0.29, 0.717) is 12.5 Å². The topological polar surface area (TPSA) is 34.1 Å². The fourth-order valence-corrected chi connectivity index (χ4v) is 4.40. The van der Waals surface area contributed by atoms with Gasteiger partial charge in [-0.05, 0) is 64.5 Å². The van der Waals surface area contributed by atoms with Crippen LogP contribution >= 0.6 is 24.0 Å². The SMILES string of the molecule is CN=C(NCC(c1c(F)cccc1F)N(C)C)N1CCC(CN2CCCC2)C1.I. The third-order valence-electron chi connectivity index (χ3n) is 5.92. The van der Waals surface area contributed by atoms with Crippen molar-refractivity contribution in [3.05, 3.63) is 35.4 Å². The lowest BCUT2D eigenvalue weighted by molar-refractivity contribution is 0.275. The minimum absolute atomic E-state index is 0. The molecule has 2 fully saturated rings. The van der Waals surface area contributed by atoms with Gasteiger partial charge in [0, 0.05) is 38.8 Å². The summed E-state index contributed by atoms with van der Waals surface area (Å²) in [6, 6.07) is 3.61. The number of likely N-dealkylation sites (N-methyl/N-ethyl adjacent to an activating group) is 1. The first-order valence-corrected chi connectivity index (χ1v) is 10.3. The van der Waals surface area contributed by atoms with Crippen LogP contribution in [0.2, 0.25) is 0 Å². The number of nitrogens with zero attached hydrogens (tertiary/aromatic N) is 4. The number of guanidine groups is 1. The molecule has 0 bridgehead atoms. The summed E-state index contributed by atoms with van der Waals surface area (Å²) < 4.78 is 28.5. The predicted molar refractivity (Wildman–Crippen MR) is 125 cm³/mol. The molecule has 0 radical (unpaired) electrons. The molecule has 164 valence electrons. The van der Waals surface area contributed by atoms with Crippen molar-refractivity contribution in [3.8, 4) is 0 Å². The molecule has 5 nitrogen and oxygen atoms in total. The summed E-state index contributed by atoms with van der Waals surface area (Å²) in [6.07, 6.45) is 3.80. The summed E-state index contributed by atoms with van der Waals surface area (Å²) in [5.74, 6) is 0.447. The Kier molecular flexibility index (Phi) is 9.55. The van der Waals surface area contributed by atoms with E-state index in [2.05, 4.69) is 20.1 Å². The van der Waals surface area contributed by atoms with Gasteiger partial charge in [0.25, 0.3) is 0 Å². The van der Waals surface area contributed by atoms with Gasteiger partial charge in [0.15, 0.2) is 5.96 Å². The van der Waals surface area contributed by atoms with E-state index in [4.69, 9.17) is 0 Å². The zero-order valence-electron chi connectivity index (χ0n) is 17.7. The number of aliphatic imine (C=N–C) groups is 1. The summed E-state index contributed by atoms with van der Waals surface area (Å²) in [5.41, 5.74) is 0.101. The number of hydrogen-bond donors (Lipinski definition) is 1. The molecule has 29 heavy (non-hydrogen) atoms. The Morgan fingerprint density at radius 1 is 1.21 bits per heavy atom. The van der Waals surface area contributed by atoms with Gasteiger partial charge in [-0.3, -0.25) is 4.99 Å². The molecule has 2 atom stereocenters. The van der Waals surface area contributed by atoms with E-state index in [1.807, 2.05) is 19.0 Å². The summed E-state index contributed by atoms with van der Waals surface area (Å²) in [4.78, 5) is 11.1. The lowest BCUT2D eigenvalue weighted by Gasteiger charge is -2.29. The summed E-state index contributed by atoms with van der Waals surface area (Å²) in [7, 11) is 5.44. The van der Waals surface area contributed by atoms with Crippen molar-refractivity contribution in [2.24, 2.45) is 10.9 Å². The number of benzene rings is 1. The molecular formula is C21H34F2IN5. The van der Waals surface area contributed by atoms with Crippen LogP contribution in [0, 0.1) is 17.6 Å². The third kappa shape index (κ3) is 6.24. The maximum absolute atomic E-state index is 14.3. The molecule has 2 saturated heterocycles. The molecule has 1 N–H and O–H groups in total. The van der Waals surface area contributed by atoms with Crippen molar-refractivity contribution in [1.29, 1.82) is 0 Å². The van der Waals surface area contributed by atoms with E-state index >= 15 is 0 Å². The molecule has 0 amide bonds. The first-order chi connectivity index (χ1) is 13.5. The normalized spacial score (nSPS) is 21.5. The highest BCUT2D eigenvalue weighted by atomic mass is 127. The van der Waals surface area contributed by atoms with Gasteiger partial charge < -0.3 is 20.0 Å². The van der Waals surface area contributed by atoms with E-state index in [1.165, 1.54) is 44.1 Å². The second kappa shape index (κ2) is 11.4. The fraction of sp³-hybridized carbons (Fsp3) is 0.667. The number of rotatable bonds is 6. The van der Waals surface area contributed by atoms with Crippen molar-refractivity contribution in [3.63, 3.8) is 0 Å². The van der Waals surface area contributed by atoms with Crippen LogP contribution < -0.4 is 5.32 Å². The Morgan fingerprint density at radius 3 is 2.45 bits per heavy atom. The number of halogens is 3. The van der Waals surface area contributed by atoms with Crippen LogP contribution in [-0.4, -0.2) is 81.1 Å². The largest absolute Gasteiger partial charge is 0.354 e. The highest BCUT2D eigenvalue weighted by Gasteiger charge is 2.28. The van der Waals surface area contributed by atoms with E-state index < -0.39 is 17.7 Å². The van der Waals surface area contributed by atoms with E-state index in [-0.39, 0.29) is 29.5 Å². The van der Waals surface area contributed by atoms with Gasteiger partial charge >= 0.3 is 0 Å². The highest BCUT2D eigenvalue weighted by molar-refractivity contribution is 14.0. The second-order valence-electron chi connectivity index (χ2n) is 8.15. The number of likely N-dealkylation sites (tertiary alicyclic amines) is 2. The Bertz CT molecular complexity index is 659. The Morgan fingerprint density at radius 2 is 1.86 bits per heavy atom. The molecule has 0 saturated carbocycles. The zero-order chi connectivity index (χ0) is 20.1. The molecule has 8 heteroatoms. The smallest absolute Gasteiger partial charge is 0.193 e. The standard InChI is InChI=1S/C21H33F2N5.HI/c1-24-21(28-12-9-16(15-28)14-27-10-4-5-11-27)25-13-19(26(2)3)20-17(22)7-6-8-18(20)23;/h6-8,16,19H,4-5,9-15H2,1-3H3,(H,24,25);1H. The quantitative estimate of drug-likeness (QED) is 0.355. The lowest BCUT2D eigenvalue weighted by Crippen LogP contribution is -2.44. The molecule has 2 heterocycles. The first-order valence-electron chi connectivity index (χ1n) is 10.3. The van der Waals surface area contributed by atoms with Crippen molar-refractivity contribution in [2.45, 2.75) is 25.3 Å². The molecule has 0 aliphatic carbocycles. The van der Waals surface area contributed by atoms with Crippen molar-refractivity contribution in [2.75, 3.05) is 60.4 Å². The van der Waals surface area contributed by atoms with Gasteiger partial charge in [0.2, 0.25) is 0 Å². The van der Waals surface area contributed by atoms with Crippen LogP contribution in [-0.2, 0) is 0 Å². The molecule has 0 aromatic heterocycles. The monoisotopic (exact) mass is 521 g/mol. The number of hydrogen-bond acceptors (Lipinski definition) is 3. The van der Waals surface area contributed by atoms with Crippen LogP contribution in [0.1, 0.15) is 30.9 Å². The zero-order valence-corrected chi connectivity index (χ0v) is 20.0. The summed E-state index contributed by atoms with van der Waals surface area (Å²) in [6.45, 7) is 5.96. The van der Waals surface area contributed by atoms with Crippen molar-refractivity contribution >= 4 is 29.9 Å². The maximum Gasteiger partial charge on any atom is 0.193 e. The van der Waals surface area contributed by atoms with Gasteiger partial charge in [-0.25, -0.2) is 8.78 Å². The summed E-state index contributed by atoms with van der Waals surface area (Å²) >= 11 is 0. The minimum Gasteiger partial charge on any atom is -0.354 e. The van der Waals surface area contributed by atoms with Crippen LogP contribution in [0.15, 0.2) is 23.2 Å².